The molecule has 0 amide bonds. The monoisotopic (exact) mass is 307 g/mol. The second-order valence-corrected chi connectivity index (χ2v) is 5.08. The van der Waals surface area contributed by atoms with Gasteiger partial charge in [-0.1, -0.05) is 42.0 Å². The number of halogens is 2. The molecule has 0 fully saturated rings. The molecule has 0 heterocycles. The number of hydrogen-bond donors (Lipinski definition) is 2. The number of rotatable bonds is 7. The fraction of sp³-hybridized carbons (Fsp3) is 0.294. The van der Waals surface area contributed by atoms with Crippen LogP contribution in [0.5, 0.6) is 5.75 Å². The highest BCUT2D eigenvalue weighted by Crippen LogP contribution is 2.20. The quantitative estimate of drug-likeness (QED) is 0.823. The molecule has 0 aromatic heterocycles. The highest BCUT2D eigenvalue weighted by atomic mass is 19.3. The standard InChI is InChI=1S/C17H19F2NO2/c1-12-5-7-13(8-6-12)10-20-11-16(21)14-3-2-4-15(9-14)22-17(18)19/h2-9,16-17,20-21H,10-11H2,1H3. The first-order chi connectivity index (χ1) is 10.5. The van der Waals surface area contributed by atoms with Crippen LogP contribution in [0.15, 0.2) is 48.5 Å². The summed E-state index contributed by atoms with van der Waals surface area (Å²) >= 11 is 0. The van der Waals surface area contributed by atoms with E-state index in [9.17, 15) is 13.9 Å². The molecule has 0 aliphatic carbocycles. The molecule has 0 spiro atoms. The van der Waals surface area contributed by atoms with Crippen molar-refractivity contribution in [3.63, 3.8) is 0 Å². The van der Waals surface area contributed by atoms with Crippen molar-refractivity contribution in [3.8, 4) is 5.75 Å². The normalized spacial score (nSPS) is 12.4. The van der Waals surface area contributed by atoms with Crippen molar-refractivity contribution >= 4 is 0 Å². The minimum absolute atomic E-state index is 0.0464. The lowest BCUT2D eigenvalue weighted by Crippen LogP contribution is -2.21. The highest BCUT2D eigenvalue weighted by molar-refractivity contribution is 5.30. The topological polar surface area (TPSA) is 41.5 Å². The van der Waals surface area contributed by atoms with Crippen LogP contribution in [0.4, 0.5) is 8.78 Å². The summed E-state index contributed by atoms with van der Waals surface area (Å²) in [7, 11) is 0. The Morgan fingerprint density at radius 2 is 1.86 bits per heavy atom. The van der Waals surface area contributed by atoms with Gasteiger partial charge >= 0.3 is 6.61 Å². The average Bonchev–Trinajstić information content (AvgIpc) is 2.49. The highest BCUT2D eigenvalue weighted by Gasteiger charge is 2.10. The zero-order valence-corrected chi connectivity index (χ0v) is 12.3. The lowest BCUT2D eigenvalue weighted by Gasteiger charge is -2.14. The molecule has 1 unspecified atom stereocenters. The minimum Gasteiger partial charge on any atom is -0.435 e. The summed E-state index contributed by atoms with van der Waals surface area (Å²) < 4.78 is 28.7. The number of ether oxygens (including phenoxy) is 1. The van der Waals surface area contributed by atoms with E-state index in [1.807, 2.05) is 31.2 Å². The van der Waals surface area contributed by atoms with Crippen molar-refractivity contribution in [2.75, 3.05) is 6.54 Å². The largest absolute Gasteiger partial charge is 0.435 e. The van der Waals surface area contributed by atoms with Crippen molar-refractivity contribution in [3.05, 3.63) is 65.2 Å². The number of hydrogen-bond acceptors (Lipinski definition) is 3. The molecule has 22 heavy (non-hydrogen) atoms. The van der Waals surface area contributed by atoms with Crippen LogP contribution in [-0.2, 0) is 6.54 Å². The molecule has 0 radical (unpaired) electrons. The molecular weight excluding hydrogens is 288 g/mol. The summed E-state index contributed by atoms with van der Waals surface area (Å²) in [5, 5.41) is 13.2. The molecule has 0 bridgehead atoms. The summed E-state index contributed by atoms with van der Waals surface area (Å²) in [6.45, 7) is 0.110. The van der Waals surface area contributed by atoms with Gasteiger partial charge in [0.1, 0.15) is 5.75 Å². The molecular formula is C17H19F2NO2. The van der Waals surface area contributed by atoms with Crippen molar-refractivity contribution in [1.82, 2.24) is 5.32 Å². The van der Waals surface area contributed by atoms with Gasteiger partial charge in [0.25, 0.3) is 0 Å². The van der Waals surface area contributed by atoms with E-state index >= 15 is 0 Å². The van der Waals surface area contributed by atoms with Crippen molar-refractivity contribution in [2.45, 2.75) is 26.2 Å². The van der Waals surface area contributed by atoms with E-state index in [2.05, 4.69) is 10.1 Å². The fourth-order valence-corrected chi connectivity index (χ4v) is 2.08. The minimum atomic E-state index is -2.87. The molecule has 1 atom stereocenters. The van der Waals surface area contributed by atoms with Gasteiger partial charge in [-0.3, -0.25) is 0 Å². The molecule has 0 saturated heterocycles. The van der Waals surface area contributed by atoms with E-state index in [4.69, 9.17) is 0 Å². The van der Waals surface area contributed by atoms with Gasteiger partial charge in [-0.05, 0) is 30.2 Å². The third-order valence-electron chi connectivity index (χ3n) is 3.26. The van der Waals surface area contributed by atoms with Gasteiger partial charge in [0.05, 0.1) is 6.10 Å². The molecule has 2 N–H and O–H groups in total. The van der Waals surface area contributed by atoms with Crippen molar-refractivity contribution in [1.29, 1.82) is 0 Å². The SMILES string of the molecule is Cc1ccc(CNCC(O)c2cccc(OC(F)F)c2)cc1. The lowest BCUT2D eigenvalue weighted by molar-refractivity contribution is -0.0499. The van der Waals surface area contributed by atoms with E-state index in [0.29, 0.717) is 18.7 Å². The molecule has 0 saturated carbocycles. The lowest BCUT2D eigenvalue weighted by atomic mass is 10.1. The predicted molar refractivity (Wildman–Crippen MR) is 80.9 cm³/mol. The van der Waals surface area contributed by atoms with Gasteiger partial charge in [0, 0.05) is 13.1 Å². The Morgan fingerprint density at radius 3 is 2.55 bits per heavy atom. The third-order valence-corrected chi connectivity index (χ3v) is 3.26. The van der Waals surface area contributed by atoms with E-state index in [1.54, 1.807) is 12.1 Å². The van der Waals surface area contributed by atoms with Gasteiger partial charge in [-0.2, -0.15) is 8.78 Å². The molecule has 2 rings (SSSR count). The maximum atomic E-state index is 12.2. The van der Waals surface area contributed by atoms with Crippen molar-refractivity contribution < 1.29 is 18.6 Å². The summed E-state index contributed by atoms with van der Waals surface area (Å²) in [4.78, 5) is 0. The first kappa shape index (κ1) is 16.4. The van der Waals surface area contributed by atoms with Crippen LogP contribution < -0.4 is 10.1 Å². The zero-order chi connectivity index (χ0) is 15.9. The van der Waals surface area contributed by atoms with Crippen LogP contribution >= 0.6 is 0 Å². The summed E-state index contributed by atoms with van der Waals surface area (Å²) in [5.41, 5.74) is 2.85. The maximum Gasteiger partial charge on any atom is 0.387 e. The number of aliphatic hydroxyl groups is 1. The van der Waals surface area contributed by atoms with Gasteiger partial charge in [-0.25, -0.2) is 0 Å². The van der Waals surface area contributed by atoms with Crippen LogP contribution in [0.25, 0.3) is 0 Å². The Balaban J connectivity index is 1.86. The van der Waals surface area contributed by atoms with Gasteiger partial charge in [-0.15, -0.1) is 0 Å². The van der Waals surface area contributed by atoms with Gasteiger partial charge in [0.2, 0.25) is 0 Å². The summed E-state index contributed by atoms with van der Waals surface area (Å²) in [6, 6.07) is 14.2. The first-order valence-electron chi connectivity index (χ1n) is 7.03. The summed E-state index contributed by atoms with van der Waals surface area (Å²) in [6.07, 6.45) is -0.785. The van der Waals surface area contributed by atoms with E-state index < -0.39 is 12.7 Å². The van der Waals surface area contributed by atoms with E-state index in [1.165, 1.54) is 17.7 Å². The Kier molecular flexibility index (Phi) is 5.86. The molecule has 0 aliphatic heterocycles. The molecule has 2 aromatic rings. The fourth-order valence-electron chi connectivity index (χ4n) is 2.08. The Hall–Kier alpha value is -1.98. The third kappa shape index (κ3) is 5.09. The number of benzene rings is 2. The molecule has 3 nitrogen and oxygen atoms in total. The van der Waals surface area contributed by atoms with E-state index in [-0.39, 0.29) is 5.75 Å². The molecule has 5 heteroatoms. The average molecular weight is 307 g/mol. The van der Waals surface area contributed by atoms with Crippen LogP contribution in [0.3, 0.4) is 0 Å². The second-order valence-electron chi connectivity index (χ2n) is 5.08. The van der Waals surface area contributed by atoms with Crippen LogP contribution in [0.1, 0.15) is 22.8 Å². The number of alkyl halides is 2. The number of nitrogens with one attached hydrogen (secondary N) is 1. The molecule has 2 aromatic carbocycles. The number of aryl methyl sites for hydroxylation is 1. The Bertz CT molecular complexity index is 587. The zero-order valence-electron chi connectivity index (χ0n) is 12.3. The second kappa shape index (κ2) is 7.87. The Morgan fingerprint density at radius 1 is 1.14 bits per heavy atom. The van der Waals surface area contributed by atoms with Crippen LogP contribution in [0.2, 0.25) is 0 Å². The number of aliphatic hydroxyl groups excluding tert-OH is 1. The molecule has 0 aliphatic rings. The van der Waals surface area contributed by atoms with Crippen LogP contribution in [-0.4, -0.2) is 18.3 Å². The van der Waals surface area contributed by atoms with Gasteiger partial charge in [0.15, 0.2) is 0 Å². The van der Waals surface area contributed by atoms with E-state index in [0.717, 1.165) is 5.56 Å². The maximum absolute atomic E-state index is 12.2. The predicted octanol–water partition coefficient (Wildman–Crippen LogP) is 3.42. The smallest absolute Gasteiger partial charge is 0.387 e. The van der Waals surface area contributed by atoms with Crippen molar-refractivity contribution in [2.24, 2.45) is 0 Å². The Labute approximate surface area is 128 Å². The van der Waals surface area contributed by atoms with Gasteiger partial charge < -0.3 is 15.2 Å². The first-order valence-corrected chi connectivity index (χ1v) is 7.03. The molecule has 118 valence electrons. The van der Waals surface area contributed by atoms with Crippen LogP contribution in [0, 0.1) is 6.92 Å². The summed E-state index contributed by atoms with van der Waals surface area (Å²) in [5.74, 6) is 0.0464.